The van der Waals surface area contributed by atoms with Crippen molar-refractivity contribution >= 4 is 11.9 Å². The van der Waals surface area contributed by atoms with Gasteiger partial charge in [0.15, 0.2) is 0 Å². The zero-order valence-electron chi connectivity index (χ0n) is 10.3. The summed E-state index contributed by atoms with van der Waals surface area (Å²) in [5.74, 6) is -0.564. The first-order valence-corrected chi connectivity index (χ1v) is 6.03. The minimum Gasteiger partial charge on any atom is -0.481 e. The van der Waals surface area contributed by atoms with E-state index in [1.165, 1.54) is 0 Å². The van der Waals surface area contributed by atoms with E-state index < -0.39 is 5.97 Å². The Morgan fingerprint density at radius 1 is 1.06 bits per heavy atom. The Morgan fingerprint density at radius 3 is 2.19 bits per heavy atom. The first-order valence-electron chi connectivity index (χ1n) is 6.03. The molecule has 0 aliphatic heterocycles. The summed E-state index contributed by atoms with van der Waals surface area (Å²) < 4.78 is 0. The molecule has 0 saturated heterocycles. The second kappa shape index (κ2) is 9.19. The average molecular weight is 229 g/mol. The van der Waals surface area contributed by atoms with Crippen LogP contribution in [0.15, 0.2) is 0 Å². The van der Waals surface area contributed by atoms with Crippen molar-refractivity contribution in [3.05, 3.63) is 0 Å². The maximum Gasteiger partial charge on any atom is 0.303 e. The van der Waals surface area contributed by atoms with Crippen molar-refractivity contribution in [1.82, 2.24) is 5.32 Å². The van der Waals surface area contributed by atoms with Crippen molar-refractivity contribution in [2.24, 2.45) is 5.92 Å². The lowest BCUT2D eigenvalue weighted by Gasteiger charge is -2.06. The molecule has 0 unspecified atom stereocenters. The van der Waals surface area contributed by atoms with Crippen molar-refractivity contribution in [2.75, 3.05) is 6.54 Å². The van der Waals surface area contributed by atoms with E-state index in [1.54, 1.807) is 0 Å². The van der Waals surface area contributed by atoms with Gasteiger partial charge in [-0.1, -0.05) is 33.1 Å². The maximum atomic E-state index is 11.2. The van der Waals surface area contributed by atoms with Gasteiger partial charge in [0.05, 0.1) is 0 Å². The lowest BCUT2D eigenvalue weighted by Crippen LogP contribution is -2.28. The predicted molar refractivity (Wildman–Crippen MR) is 63.2 cm³/mol. The van der Waals surface area contributed by atoms with Gasteiger partial charge in [-0.3, -0.25) is 9.59 Å². The highest BCUT2D eigenvalue weighted by Crippen LogP contribution is 2.04. The lowest BCUT2D eigenvalue weighted by atomic mass is 10.1. The molecular formula is C12H23NO3. The molecule has 4 nitrogen and oxygen atoms in total. The summed E-state index contributed by atoms with van der Waals surface area (Å²) in [5.41, 5.74) is 0. The summed E-state index contributed by atoms with van der Waals surface area (Å²) in [4.78, 5) is 21.4. The maximum absolute atomic E-state index is 11.2. The summed E-state index contributed by atoms with van der Waals surface area (Å²) in [6, 6.07) is 0. The Bertz CT molecular complexity index is 214. The summed E-state index contributed by atoms with van der Waals surface area (Å²) in [5, 5.41) is 11.3. The normalized spacial score (nSPS) is 10.4. The number of hydrogen-bond acceptors (Lipinski definition) is 2. The van der Waals surface area contributed by atoms with Gasteiger partial charge in [-0.05, 0) is 12.8 Å². The molecule has 0 rings (SSSR count). The Balaban J connectivity index is 3.16. The van der Waals surface area contributed by atoms with Gasteiger partial charge in [0.1, 0.15) is 0 Å². The van der Waals surface area contributed by atoms with Crippen LogP contribution in [0.3, 0.4) is 0 Å². The second-order valence-corrected chi connectivity index (χ2v) is 4.36. The van der Waals surface area contributed by atoms with Gasteiger partial charge in [0.25, 0.3) is 0 Å². The van der Waals surface area contributed by atoms with Gasteiger partial charge < -0.3 is 10.4 Å². The first kappa shape index (κ1) is 14.9. The monoisotopic (exact) mass is 229 g/mol. The fraction of sp³-hybridized carbons (Fsp3) is 0.833. The number of carbonyl (C=O) groups is 2. The highest BCUT2D eigenvalue weighted by molar-refractivity contribution is 5.77. The molecule has 0 spiro atoms. The molecule has 0 fully saturated rings. The van der Waals surface area contributed by atoms with Crippen molar-refractivity contribution < 1.29 is 14.7 Å². The van der Waals surface area contributed by atoms with E-state index >= 15 is 0 Å². The Kier molecular flexibility index (Phi) is 8.58. The molecule has 1 amide bonds. The fourth-order valence-electron chi connectivity index (χ4n) is 1.35. The molecule has 0 atom stereocenters. The van der Waals surface area contributed by atoms with Crippen molar-refractivity contribution in [3.8, 4) is 0 Å². The van der Waals surface area contributed by atoms with Gasteiger partial charge in [-0.25, -0.2) is 0 Å². The minimum absolute atomic E-state index is 0.0515. The van der Waals surface area contributed by atoms with E-state index in [9.17, 15) is 9.59 Å². The average Bonchev–Trinajstić information content (AvgIpc) is 2.21. The van der Waals surface area contributed by atoms with Gasteiger partial charge in [0, 0.05) is 18.9 Å². The number of unbranched alkanes of at least 4 members (excludes halogenated alkanes) is 4. The standard InChI is InChI=1S/C12H23NO3/c1-10(2)12(16)13-9-7-5-3-4-6-8-11(14)15/h10H,3-9H2,1-2H3,(H,13,16)(H,14,15). The van der Waals surface area contributed by atoms with Crippen LogP contribution in [0, 0.1) is 5.92 Å². The van der Waals surface area contributed by atoms with Crippen LogP contribution in [0.5, 0.6) is 0 Å². The molecule has 0 radical (unpaired) electrons. The third kappa shape index (κ3) is 9.49. The Hall–Kier alpha value is -1.06. The topological polar surface area (TPSA) is 66.4 Å². The third-order valence-corrected chi connectivity index (χ3v) is 2.39. The number of aliphatic carboxylic acids is 1. The van der Waals surface area contributed by atoms with E-state index in [-0.39, 0.29) is 18.2 Å². The molecule has 0 saturated carbocycles. The number of amides is 1. The van der Waals surface area contributed by atoms with Crippen LogP contribution in [0.4, 0.5) is 0 Å². The highest BCUT2D eigenvalue weighted by atomic mass is 16.4. The predicted octanol–water partition coefficient (Wildman–Crippen LogP) is 2.18. The SMILES string of the molecule is CC(C)C(=O)NCCCCCCCC(=O)O. The first-order chi connectivity index (χ1) is 7.54. The fourth-order valence-corrected chi connectivity index (χ4v) is 1.35. The summed E-state index contributed by atoms with van der Waals surface area (Å²) >= 11 is 0. The Morgan fingerprint density at radius 2 is 1.62 bits per heavy atom. The number of rotatable bonds is 9. The second-order valence-electron chi connectivity index (χ2n) is 4.36. The van der Waals surface area contributed by atoms with Gasteiger partial charge in [0.2, 0.25) is 5.91 Å². The quantitative estimate of drug-likeness (QED) is 0.595. The van der Waals surface area contributed by atoms with E-state index in [0.717, 1.165) is 38.6 Å². The summed E-state index contributed by atoms with van der Waals surface area (Å²) in [6.07, 6.45) is 5.07. The molecule has 0 aromatic carbocycles. The molecular weight excluding hydrogens is 206 g/mol. The molecule has 0 heterocycles. The van der Waals surface area contributed by atoms with E-state index in [2.05, 4.69) is 5.32 Å². The van der Waals surface area contributed by atoms with Crippen LogP contribution in [0.25, 0.3) is 0 Å². The van der Waals surface area contributed by atoms with Crippen molar-refractivity contribution in [3.63, 3.8) is 0 Å². The van der Waals surface area contributed by atoms with E-state index in [0.29, 0.717) is 0 Å². The van der Waals surface area contributed by atoms with Gasteiger partial charge in [-0.2, -0.15) is 0 Å². The molecule has 0 aromatic rings. The number of hydrogen-bond donors (Lipinski definition) is 2. The van der Waals surface area contributed by atoms with Crippen LogP contribution in [0.1, 0.15) is 52.4 Å². The van der Waals surface area contributed by atoms with Crippen LogP contribution in [-0.2, 0) is 9.59 Å². The van der Waals surface area contributed by atoms with Crippen LogP contribution in [0.2, 0.25) is 0 Å². The highest BCUT2D eigenvalue weighted by Gasteiger charge is 2.04. The molecule has 4 heteroatoms. The number of carboxylic acids is 1. The molecule has 0 aliphatic carbocycles. The van der Waals surface area contributed by atoms with Crippen LogP contribution in [-0.4, -0.2) is 23.5 Å². The van der Waals surface area contributed by atoms with Crippen molar-refractivity contribution in [2.45, 2.75) is 52.4 Å². The number of nitrogens with one attached hydrogen (secondary N) is 1. The molecule has 94 valence electrons. The molecule has 16 heavy (non-hydrogen) atoms. The summed E-state index contributed by atoms with van der Waals surface area (Å²) in [7, 11) is 0. The number of carbonyl (C=O) groups excluding carboxylic acids is 1. The minimum atomic E-state index is -0.718. The molecule has 0 aromatic heterocycles. The van der Waals surface area contributed by atoms with Crippen LogP contribution < -0.4 is 5.32 Å². The molecule has 0 bridgehead atoms. The largest absolute Gasteiger partial charge is 0.481 e. The van der Waals surface area contributed by atoms with Crippen LogP contribution >= 0.6 is 0 Å². The van der Waals surface area contributed by atoms with Crippen molar-refractivity contribution in [1.29, 1.82) is 0 Å². The zero-order chi connectivity index (χ0) is 12.4. The van der Waals surface area contributed by atoms with Gasteiger partial charge >= 0.3 is 5.97 Å². The smallest absolute Gasteiger partial charge is 0.303 e. The number of carboxylic acid groups (broad SMARTS) is 1. The summed E-state index contributed by atoms with van der Waals surface area (Å²) in [6.45, 7) is 4.48. The van der Waals surface area contributed by atoms with E-state index in [4.69, 9.17) is 5.11 Å². The molecule has 0 aliphatic rings. The van der Waals surface area contributed by atoms with E-state index in [1.807, 2.05) is 13.8 Å². The lowest BCUT2D eigenvalue weighted by molar-refractivity contribution is -0.137. The van der Waals surface area contributed by atoms with Gasteiger partial charge in [-0.15, -0.1) is 0 Å². The Labute approximate surface area is 97.4 Å². The third-order valence-electron chi connectivity index (χ3n) is 2.39. The molecule has 2 N–H and O–H groups in total. The zero-order valence-corrected chi connectivity index (χ0v) is 10.3.